The van der Waals surface area contributed by atoms with Crippen LogP contribution in [0, 0.1) is 0 Å². The molecule has 0 radical (unpaired) electrons. The van der Waals surface area contributed by atoms with Crippen LogP contribution >= 0.6 is 0 Å². The average molecular weight is 290 g/mol. The highest BCUT2D eigenvalue weighted by molar-refractivity contribution is 7.89. The van der Waals surface area contributed by atoms with E-state index in [1.54, 1.807) is 7.05 Å². The third-order valence-electron chi connectivity index (χ3n) is 3.28. The van der Waals surface area contributed by atoms with Crippen LogP contribution in [-0.4, -0.2) is 61.8 Å². The first kappa shape index (κ1) is 14.3. The molecule has 9 heteroatoms. The minimum atomic E-state index is -3.69. The van der Waals surface area contributed by atoms with Crippen LogP contribution in [0.25, 0.3) is 0 Å². The smallest absolute Gasteiger partial charge is 0.262 e. The Kier molecular flexibility index (Phi) is 3.81. The van der Waals surface area contributed by atoms with Crippen molar-refractivity contribution in [3.05, 3.63) is 6.33 Å². The second-order valence-corrected chi connectivity index (χ2v) is 6.27. The van der Waals surface area contributed by atoms with Crippen molar-refractivity contribution >= 4 is 15.8 Å². The molecule has 1 aliphatic heterocycles. The summed E-state index contributed by atoms with van der Waals surface area (Å²) in [5.74, 6) is -0.00247. The first-order valence-electron chi connectivity index (χ1n) is 5.74. The molecule has 0 aromatic carbocycles. The van der Waals surface area contributed by atoms with Gasteiger partial charge in [0.05, 0.1) is 18.5 Å². The molecule has 2 unspecified atom stereocenters. The van der Waals surface area contributed by atoms with E-state index in [0.717, 1.165) is 0 Å². The summed E-state index contributed by atoms with van der Waals surface area (Å²) in [6.45, 7) is 0.476. The molecule has 1 aromatic heterocycles. The maximum atomic E-state index is 12.5. The molecule has 108 valence electrons. The second-order valence-electron chi connectivity index (χ2n) is 4.42. The molecule has 8 nitrogen and oxygen atoms in total. The average Bonchev–Trinajstić information content (AvgIpc) is 2.93. The topological polar surface area (TPSA) is 99.7 Å². The second kappa shape index (κ2) is 5.08. The number of nitrogen functional groups attached to an aromatic ring is 1. The van der Waals surface area contributed by atoms with Gasteiger partial charge in [0.25, 0.3) is 10.0 Å². The van der Waals surface area contributed by atoms with Crippen LogP contribution in [0.15, 0.2) is 11.4 Å². The highest BCUT2D eigenvalue weighted by Crippen LogP contribution is 2.26. The normalized spacial score (nSPS) is 25.0. The van der Waals surface area contributed by atoms with Crippen molar-refractivity contribution in [2.24, 2.45) is 7.05 Å². The minimum Gasteiger partial charge on any atom is -0.381 e. The number of aryl methyl sites for hydroxylation is 1. The third kappa shape index (κ3) is 2.34. The first-order chi connectivity index (χ1) is 8.91. The molecule has 19 heavy (non-hydrogen) atoms. The monoisotopic (exact) mass is 290 g/mol. The van der Waals surface area contributed by atoms with E-state index in [-0.39, 0.29) is 36.1 Å². The van der Waals surface area contributed by atoms with Crippen LogP contribution in [0.4, 0.5) is 5.82 Å². The lowest BCUT2D eigenvalue weighted by Gasteiger charge is -2.16. The number of sulfonamides is 1. The van der Waals surface area contributed by atoms with E-state index in [4.69, 9.17) is 15.2 Å². The SMILES string of the molecule is COC1CN(S(=O)(=O)c2c(N)ncn2C)CC1OC. The van der Waals surface area contributed by atoms with Crippen LogP contribution in [0.5, 0.6) is 0 Å². The van der Waals surface area contributed by atoms with Crippen molar-refractivity contribution in [3.63, 3.8) is 0 Å². The van der Waals surface area contributed by atoms with Crippen molar-refractivity contribution in [1.29, 1.82) is 0 Å². The van der Waals surface area contributed by atoms with Gasteiger partial charge in [0.15, 0.2) is 10.8 Å². The van der Waals surface area contributed by atoms with Gasteiger partial charge in [-0.2, -0.15) is 4.31 Å². The summed E-state index contributed by atoms with van der Waals surface area (Å²) in [5, 5.41) is -0.000828. The molecule has 1 aromatic rings. The molecule has 2 rings (SSSR count). The summed E-state index contributed by atoms with van der Waals surface area (Å²) in [7, 11) is 0.963. The zero-order valence-electron chi connectivity index (χ0n) is 11.1. The highest BCUT2D eigenvalue weighted by atomic mass is 32.2. The van der Waals surface area contributed by atoms with Crippen LogP contribution in [-0.2, 0) is 26.5 Å². The van der Waals surface area contributed by atoms with Crippen molar-refractivity contribution in [2.45, 2.75) is 17.2 Å². The lowest BCUT2D eigenvalue weighted by molar-refractivity contribution is -0.00461. The Balaban J connectivity index is 2.32. The van der Waals surface area contributed by atoms with Crippen LogP contribution in [0.1, 0.15) is 0 Å². The van der Waals surface area contributed by atoms with Gasteiger partial charge < -0.3 is 19.8 Å². The molecule has 0 aliphatic carbocycles. The third-order valence-corrected chi connectivity index (χ3v) is 5.24. The number of nitrogens with two attached hydrogens (primary N) is 1. The lowest BCUT2D eigenvalue weighted by Crippen LogP contribution is -2.32. The Bertz CT molecular complexity index is 524. The number of nitrogens with zero attached hydrogens (tertiary/aromatic N) is 3. The summed E-state index contributed by atoms with van der Waals surface area (Å²) in [4.78, 5) is 3.80. The van der Waals surface area contributed by atoms with Gasteiger partial charge >= 0.3 is 0 Å². The number of hydrogen-bond donors (Lipinski definition) is 1. The Labute approximate surface area is 112 Å². The maximum Gasteiger partial charge on any atom is 0.262 e. The Morgan fingerprint density at radius 2 is 1.84 bits per heavy atom. The molecule has 0 saturated carbocycles. The molecule has 2 heterocycles. The van der Waals surface area contributed by atoms with E-state index < -0.39 is 10.0 Å². The Morgan fingerprint density at radius 3 is 2.21 bits per heavy atom. The van der Waals surface area contributed by atoms with E-state index in [2.05, 4.69) is 4.98 Å². The molecule has 0 amide bonds. The molecule has 1 saturated heterocycles. The molecule has 2 atom stereocenters. The summed E-state index contributed by atoms with van der Waals surface area (Å²) >= 11 is 0. The van der Waals surface area contributed by atoms with Crippen molar-refractivity contribution < 1.29 is 17.9 Å². The van der Waals surface area contributed by atoms with Crippen molar-refractivity contribution in [2.75, 3.05) is 33.0 Å². The molecule has 0 spiro atoms. The minimum absolute atomic E-state index is 0.000828. The predicted octanol–water partition coefficient (Wildman–Crippen LogP) is -0.963. The summed E-state index contributed by atoms with van der Waals surface area (Å²) < 4.78 is 38.2. The molecular formula is C10H18N4O4S. The fourth-order valence-electron chi connectivity index (χ4n) is 2.23. The van der Waals surface area contributed by atoms with E-state index in [9.17, 15) is 8.42 Å². The van der Waals surface area contributed by atoms with E-state index in [1.165, 1.54) is 29.4 Å². The van der Waals surface area contributed by atoms with Gasteiger partial charge in [-0.3, -0.25) is 0 Å². The van der Waals surface area contributed by atoms with E-state index in [1.807, 2.05) is 0 Å². The molecule has 0 bridgehead atoms. The van der Waals surface area contributed by atoms with E-state index >= 15 is 0 Å². The van der Waals surface area contributed by atoms with Gasteiger partial charge in [-0.25, -0.2) is 13.4 Å². The number of anilines is 1. The Hall–Kier alpha value is -1.16. The molecular weight excluding hydrogens is 272 g/mol. The number of rotatable bonds is 4. The van der Waals surface area contributed by atoms with Gasteiger partial charge in [0, 0.05) is 34.4 Å². The largest absolute Gasteiger partial charge is 0.381 e. The highest BCUT2D eigenvalue weighted by Gasteiger charge is 2.41. The quantitative estimate of drug-likeness (QED) is 0.766. The fourth-order valence-corrected chi connectivity index (χ4v) is 3.89. The van der Waals surface area contributed by atoms with E-state index in [0.29, 0.717) is 0 Å². The van der Waals surface area contributed by atoms with Gasteiger partial charge in [-0.15, -0.1) is 0 Å². The maximum absolute atomic E-state index is 12.5. The van der Waals surface area contributed by atoms with Gasteiger partial charge in [-0.05, 0) is 0 Å². The number of ether oxygens (including phenoxy) is 2. The molecule has 2 N–H and O–H groups in total. The van der Waals surface area contributed by atoms with Crippen LogP contribution in [0.3, 0.4) is 0 Å². The standard InChI is InChI=1S/C10H18N4O4S/c1-13-6-12-9(11)10(13)19(15,16)14-4-7(17-2)8(5-14)18-3/h6-8H,4-5,11H2,1-3H3. The summed E-state index contributed by atoms with van der Waals surface area (Å²) in [5.41, 5.74) is 5.63. The number of methoxy groups -OCH3 is 2. The van der Waals surface area contributed by atoms with Crippen molar-refractivity contribution in [1.82, 2.24) is 13.9 Å². The molecule has 1 aliphatic rings. The van der Waals surface area contributed by atoms with Crippen molar-refractivity contribution in [3.8, 4) is 0 Å². The van der Waals surface area contributed by atoms with Crippen LogP contribution in [0.2, 0.25) is 0 Å². The lowest BCUT2D eigenvalue weighted by atomic mass is 10.3. The van der Waals surface area contributed by atoms with Crippen LogP contribution < -0.4 is 5.73 Å². The van der Waals surface area contributed by atoms with Gasteiger partial charge in [0.1, 0.15) is 0 Å². The van der Waals surface area contributed by atoms with Gasteiger partial charge in [-0.1, -0.05) is 0 Å². The number of hydrogen-bond acceptors (Lipinski definition) is 6. The number of aromatic nitrogens is 2. The molecule has 1 fully saturated rings. The van der Waals surface area contributed by atoms with Gasteiger partial charge in [0.2, 0.25) is 0 Å². The first-order valence-corrected chi connectivity index (χ1v) is 7.18. The number of imidazole rings is 1. The predicted molar refractivity (Wildman–Crippen MR) is 68.0 cm³/mol. The summed E-state index contributed by atoms with van der Waals surface area (Å²) in [6.07, 6.45) is 0.809. The summed E-state index contributed by atoms with van der Waals surface area (Å²) in [6, 6.07) is 0. The fraction of sp³-hybridized carbons (Fsp3) is 0.700. The zero-order chi connectivity index (χ0) is 14.2. The zero-order valence-corrected chi connectivity index (χ0v) is 11.9. The Morgan fingerprint density at radius 1 is 1.32 bits per heavy atom.